The molecule has 0 saturated heterocycles. The first-order chi connectivity index (χ1) is 13.1. The number of rotatable bonds is 5. The molecular weight excluding hydrogens is 390 g/mol. The van der Waals surface area contributed by atoms with E-state index in [-0.39, 0.29) is 18.1 Å². The largest absolute Gasteiger partial charge is 0.433 e. The monoisotopic (exact) mass is 406 g/mol. The van der Waals surface area contributed by atoms with Crippen molar-refractivity contribution in [2.75, 3.05) is 11.4 Å². The molecule has 0 bridgehead atoms. The summed E-state index contributed by atoms with van der Waals surface area (Å²) >= 11 is 3.10. The molecule has 1 amide bonds. The summed E-state index contributed by atoms with van der Waals surface area (Å²) in [6.07, 6.45) is 1.65. The SMILES string of the molecule is O=C(Cc1csc(-c2cccs2)n1)N1CCCc2cccc(OC(F)F)c21. The number of hydrogen-bond donors (Lipinski definition) is 0. The van der Waals surface area contributed by atoms with Crippen molar-refractivity contribution in [2.45, 2.75) is 25.9 Å². The molecule has 0 atom stereocenters. The molecule has 1 aliphatic heterocycles. The number of aromatic nitrogens is 1. The number of carbonyl (C=O) groups is 1. The Morgan fingerprint density at radius 1 is 1.26 bits per heavy atom. The van der Waals surface area contributed by atoms with E-state index in [2.05, 4.69) is 9.72 Å². The van der Waals surface area contributed by atoms with Gasteiger partial charge in [-0.25, -0.2) is 4.98 Å². The number of aryl methyl sites for hydroxylation is 1. The molecule has 27 heavy (non-hydrogen) atoms. The van der Waals surface area contributed by atoms with Crippen LogP contribution >= 0.6 is 22.7 Å². The second-order valence-corrected chi connectivity index (χ2v) is 7.90. The molecule has 0 unspecified atom stereocenters. The predicted molar refractivity (Wildman–Crippen MR) is 103 cm³/mol. The third-order valence-electron chi connectivity index (χ3n) is 4.31. The van der Waals surface area contributed by atoms with Gasteiger partial charge in [0.15, 0.2) is 0 Å². The molecule has 4 nitrogen and oxygen atoms in total. The van der Waals surface area contributed by atoms with E-state index >= 15 is 0 Å². The molecule has 0 saturated carbocycles. The minimum atomic E-state index is -2.93. The highest BCUT2D eigenvalue weighted by molar-refractivity contribution is 7.20. The van der Waals surface area contributed by atoms with Gasteiger partial charge in [-0.05, 0) is 35.9 Å². The molecule has 1 aromatic carbocycles. The van der Waals surface area contributed by atoms with Gasteiger partial charge in [0.05, 0.1) is 22.7 Å². The lowest BCUT2D eigenvalue weighted by molar-refractivity contribution is -0.118. The summed E-state index contributed by atoms with van der Waals surface area (Å²) < 4.78 is 30.2. The minimum Gasteiger partial charge on any atom is -0.433 e. The van der Waals surface area contributed by atoms with E-state index in [4.69, 9.17) is 0 Å². The highest BCUT2D eigenvalue weighted by Crippen LogP contribution is 2.37. The van der Waals surface area contributed by atoms with Crippen LogP contribution in [0.15, 0.2) is 41.1 Å². The normalized spacial score (nSPS) is 13.7. The molecule has 4 rings (SSSR count). The molecule has 0 spiro atoms. The summed E-state index contributed by atoms with van der Waals surface area (Å²) in [4.78, 5) is 20.1. The second kappa shape index (κ2) is 7.74. The van der Waals surface area contributed by atoms with Crippen molar-refractivity contribution in [1.82, 2.24) is 4.98 Å². The van der Waals surface area contributed by atoms with E-state index in [9.17, 15) is 13.6 Å². The zero-order valence-electron chi connectivity index (χ0n) is 14.2. The van der Waals surface area contributed by atoms with Crippen molar-refractivity contribution >= 4 is 34.3 Å². The fourth-order valence-electron chi connectivity index (χ4n) is 3.21. The van der Waals surface area contributed by atoms with Crippen LogP contribution in [0.2, 0.25) is 0 Å². The van der Waals surface area contributed by atoms with Gasteiger partial charge in [-0.1, -0.05) is 18.2 Å². The maximum atomic E-state index is 12.9. The highest BCUT2D eigenvalue weighted by atomic mass is 32.1. The third-order valence-corrected chi connectivity index (χ3v) is 6.24. The molecule has 140 valence electrons. The summed E-state index contributed by atoms with van der Waals surface area (Å²) in [6.45, 7) is -2.44. The fourth-order valence-corrected chi connectivity index (χ4v) is 4.84. The number of anilines is 1. The van der Waals surface area contributed by atoms with Crippen LogP contribution in [0.3, 0.4) is 0 Å². The number of alkyl halides is 2. The van der Waals surface area contributed by atoms with Gasteiger partial charge in [0.1, 0.15) is 10.8 Å². The molecule has 0 fully saturated rings. The molecule has 0 radical (unpaired) electrons. The first kappa shape index (κ1) is 18.1. The van der Waals surface area contributed by atoms with Crippen LogP contribution in [0.25, 0.3) is 9.88 Å². The van der Waals surface area contributed by atoms with Crippen LogP contribution in [0.1, 0.15) is 17.7 Å². The molecule has 8 heteroatoms. The van der Waals surface area contributed by atoms with Gasteiger partial charge in [-0.2, -0.15) is 8.78 Å². The van der Waals surface area contributed by atoms with E-state index in [0.29, 0.717) is 17.9 Å². The van der Waals surface area contributed by atoms with Gasteiger partial charge in [-0.3, -0.25) is 4.79 Å². The molecule has 3 heterocycles. The summed E-state index contributed by atoms with van der Waals surface area (Å²) in [6, 6.07) is 8.96. The number of benzene rings is 1. The van der Waals surface area contributed by atoms with Crippen LogP contribution in [0.5, 0.6) is 5.75 Å². The number of para-hydroxylation sites is 1. The Balaban J connectivity index is 1.57. The molecule has 0 aliphatic carbocycles. The lowest BCUT2D eigenvalue weighted by Gasteiger charge is -2.31. The third kappa shape index (κ3) is 3.86. The first-order valence-electron chi connectivity index (χ1n) is 8.47. The summed E-state index contributed by atoms with van der Waals surface area (Å²) in [7, 11) is 0. The summed E-state index contributed by atoms with van der Waals surface area (Å²) in [5, 5.41) is 4.74. The fraction of sp³-hybridized carbons (Fsp3) is 0.263. The Morgan fingerprint density at radius 2 is 2.15 bits per heavy atom. The number of thiazole rings is 1. The van der Waals surface area contributed by atoms with Crippen LogP contribution < -0.4 is 9.64 Å². The van der Waals surface area contributed by atoms with Crippen LogP contribution in [0.4, 0.5) is 14.5 Å². The van der Waals surface area contributed by atoms with Crippen molar-refractivity contribution in [1.29, 1.82) is 0 Å². The molecule has 2 aromatic heterocycles. The predicted octanol–water partition coefficient (Wildman–Crippen LogP) is 4.99. The number of halogens is 2. The van der Waals surface area contributed by atoms with Crippen molar-refractivity contribution in [2.24, 2.45) is 0 Å². The number of ether oxygens (including phenoxy) is 1. The van der Waals surface area contributed by atoms with E-state index in [1.54, 1.807) is 22.3 Å². The van der Waals surface area contributed by atoms with Crippen molar-refractivity contribution in [3.05, 3.63) is 52.3 Å². The van der Waals surface area contributed by atoms with E-state index in [1.807, 2.05) is 29.0 Å². The number of thiophene rings is 1. The van der Waals surface area contributed by atoms with Gasteiger partial charge in [-0.15, -0.1) is 22.7 Å². The van der Waals surface area contributed by atoms with Crippen LogP contribution in [-0.2, 0) is 17.6 Å². The molecular formula is C19H16F2N2O2S2. The Hall–Kier alpha value is -2.32. The quantitative estimate of drug-likeness (QED) is 0.599. The summed E-state index contributed by atoms with van der Waals surface area (Å²) in [5.41, 5.74) is 2.00. The number of fused-ring (bicyclic) bond motifs is 1. The maximum absolute atomic E-state index is 12.9. The summed E-state index contributed by atoms with van der Waals surface area (Å²) in [5.74, 6) is -0.114. The first-order valence-corrected chi connectivity index (χ1v) is 10.2. The smallest absolute Gasteiger partial charge is 0.387 e. The van der Waals surface area contributed by atoms with Gasteiger partial charge >= 0.3 is 6.61 Å². The number of carbonyl (C=O) groups excluding carboxylic acids is 1. The van der Waals surface area contributed by atoms with E-state index in [1.165, 1.54) is 17.4 Å². The topological polar surface area (TPSA) is 42.4 Å². The van der Waals surface area contributed by atoms with Crippen molar-refractivity contribution in [3.8, 4) is 15.6 Å². The second-order valence-electron chi connectivity index (χ2n) is 6.09. The van der Waals surface area contributed by atoms with Crippen molar-refractivity contribution < 1.29 is 18.3 Å². The highest BCUT2D eigenvalue weighted by Gasteiger charge is 2.27. The zero-order valence-corrected chi connectivity index (χ0v) is 15.9. The average Bonchev–Trinajstić information content (AvgIpc) is 3.32. The van der Waals surface area contributed by atoms with E-state index in [0.717, 1.165) is 28.3 Å². The van der Waals surface area contributed by atoms with Gasteiger partial charge < -0.3 is 9.64 Å². The van der Waals surface area contributed by atoms with Gasteiger partial charge in [0.25, 0.3) is 0 Å². The molecule has 0 N–H and O–H groups in total. The Bertz CT molecular complexity index is 941. The van der Waals surface area contributed by atoms with Gasteiger partial charge in [0, 0.05) is 11.9 Å². The number of nitrogens with zero attached hydrogens (tertiary/aromatic N) is 2. The lowest BCUT2D eigenvalue weighted by atomic mass is 10.0. The number of hydrogen-bond acceptors (Lipinski definition) is 5. The van der Waals surface area contributed by atoms with Crippen LogP contribution in [0, 0.1) is 0 Å². The van der Waals surface area contributed by atoms with E-state index < -0.39 is 6.61 Å². The maximum Gasteiger partial charge on any atom is 0.387 e. The zero-order chi connectivity index (χ0) is 18.8. The Labute approximate surface area is 163 Å². The molecule has 3 aromatic rings. The number of amides is 1. The van der Waals surface area contributed by atoms with Crippen molar-refractivity contribution in [3.63, 3.8) is 0 Å². The average molecular weight is 406 g/mol. The van der Waals surface area contributed by atoms with Gasteiger partial charge in [0.2, 0.25) is 5.91 Å². The lowest BCUT2D eigenvalue weighted by Crippen LogP contribution is -2.37. The Kier molecular flexibility index (Phi) is 5.18. The Morgan fingerprint density at radius 3 is 2.93 bits per heavy atom. The minimum absolute atomic E-state index is 0.0492. The van der Waals surface area contributed by atoms with Crippen LogP contribution in [-0.4, -0.2) is 24.0 Å². The standard InChI is InChI=1S/C19H16F2N2O2S2/c20-19(21)25-14-6-1-4-12-5-2-8-23(17(12)14)16(24)10-13-11-27-18(22-13)15-7-3-9-26-15/h1,3-4,6-7,9,11,19H,2,5,8,10H2. The molecule has 1 aliphatic rings.